The van der Waals surface area contributed by atoms with Crippen LogP contribution in [-0.2, 0) is 18.3 Å². The van der Waals surface area contributed by atoms with Crippen LogP contribution in [0.4, 0.5) is 0 Å². The van der Waals surface area contributed by atoms with Crippen molar-refractivity contribution in [3.8, 4) is 5.75 Å². The van der Waals surface area contributed by atoms with Crippen LogP contribution in [-0.4, -0.2) is 32.7 Å². The van der Waals surface area contributed by atoms with Crippen LogP contribution in [0.5, 0.6) is 5.75 Å². The quantitative estimate of drug-likeness (QED) is 0.770. The minimum atomic E-state index is -1.11. The van der Waals surface area contributed by atoms with Gasteiger partial charge in [0.25, 0.3) is 5.91 Å². The molecule has 0 spiro atoms. The van der Waals surface area contributed by atoms with Crippen LogP contribution in [0.25, 0.3) is 0 Å². The Bertz CT molecular complexity index is 646. The van der Waals surface area contributed by atoms with Crippen molar-refractivity contribution in [1.29, 1.82) is 0 Å². The van der Waals surface area contributed by atoms with E-state index in [-0.39, 0.29) is 12.2 Å². The SMILES string of the molecule is Cn1cccc1C(=O)N[C@@H](Cc1ccc(O)cc1)C(=O)O. The number of benzene rings is 1. The van der Waals surface area contributed by atoms with E-state index < -0.39 is 17.9 Å². The molecule has 1 amide bonds. The lowest BCUT2D eigenvalue weighted by atomic mass is 10.1. The van der Waals surface area contributed by atoms with Crippen molar-refractivity contribution >= 4 is 11.9 Å². The fourth-order valence-corrected chi connectivity index (χ4v) is 2.00. The monoisotopic (exact) mass is 288 g/mol. The standard InChI is InChI=1S/C15H16N2O4/c1-17-8-2-3-13(17)14(19)16-12(15(20)21)9-10-4-6-11(18)7-5-10/h2-8,12,18H,9H2,1H3,(H,16,19)(H,20,21)/t12-/m0/s1. The summed E-state index contributed by atoms with van der Waals surface area (Å²) in [6, 6.07) is 8.51. The summed E-state index contributed by atoms with van der Waals surface area (Å²) < 4.78 is 1.62. The molecule has 0 aliphatic rings. The molecule has 3 N–H and O–H groups in total. The molecule has 0 unspecified atom stereocenters. The Balaban J connectivity index is 2.09. The average molecular weight is 288 g/mol. The molecule has 21 heavy (non-hydrogen) atoms. The third kappa shape index (κ3) is 3.62. The van der Waals surface area contributed by atoms with Crippen molar-refractivity contribution in [3.63, 3.8) is 0 Å². The number of carboxylic acid groups (broad SMARTS) is 1. The number of carbonyl (C=O) groups excluding carboxylic acids is 1. The minimum Gasteiger partial charge on any atom is -0.508 e. The molecule has 1 heterocycles. The van der Waals surface area contributed by atoms with Gasteiger partial charge in [0.1, 0.15) is 17.5 Å². The third-order valence-electron chi connectivity index (χ3n) is 3.16. The predicted molar refractivity (Wildman–Crippen MR) is 76.1 cm³/mol. The molecule has 6 heteroatoms. The Morgan fingerprint density at radius 3 is 2.43 bits per heavy atom. The fraction of sp³-hybridized carbons (Fsp3) is 0.200. The largest absolute Gasteiger partial charge is 0.508 e. The Morgan fingerprint density at radius 1 is 1.24 bits per heavy atom. The van der Waals surface area contributed by atoms with E-state index in [4.69, 9.17) is 0 Å². The number of aliphatic carboxylic acids is 1. The van der Waals surface area contributed by atoms with Crippen molar-refractivity contribution in [3.05, 3.63) is 53.9 Å². The van der Waals surface area contributed by atoms with Crippen molar-refractivity contribution in [2.45, 2.75) is 12.5 Å². The van der Waals surface area contributed by atoms with Gasteiger partial charge in [-0.3, -0.25) is 4.79 Å². The number of nitrogens with one attached hydrogen (secondary N) is 1. The van der Waals surface area contributed by atoms with Crippen LogP contribution < -0.4 is 5.32 Å². The van der Waals surface area contributed by atoms with E-state index in [0.29, 0.717) is 11.3 Å². The van der Waals surface area contributed by atoms with Gasteiger partial charge < -0.3 is 20.1 Å². The van der Waals surface area contributed by atoms with Gasteiger partial charge in [0.15, 0.2) is 0 Å². The molecule has 110 valence electrons. The molecule has 6 nitrogen and oxygen atoms in total. The molecule has 1 aromatic carbocycles. The number of aryl methyl sites for hydroxylation is 1. The summed E-state index contributed by atoms with van der Waals surface area (Å²) in [6.07, 6.45) is 1.86. The summed E-state index contributed by atoms with van der Waals surface area (Å²) >= 11 is 0. The number of carboxylic acids is 1. The van der Waals surface area contributed by atoms with Crippen LogP contribution in [0.3, 0.4) is 0 Å². The molecule has 2 rings (SSSR count). The number of carbonyl (C=O) groups is 2. The second kappa shape index (κ2) is 6.13. The normalized spacial score (nSPS) is 11.9. The summed E-state index contributed by atoms with van der Waals surface area (Å²) in [5.41, 5.74) is 1.11. The number of rotatable bonds is 5. The summed E-state index contributed by atoms with van der Waals surface area (Å²) in [5.74, 6) is -1.43. The van der Waals surface area contributed by atoms with Crippen LogP contribution in [0.2, 0.25) is 0 Å². The zero-order chi connectivity index (χ0) is 15.4. The Hall–Kier alpha value is -2.76. The summed E-state index contributed by atoms with van der Waals surface area (Å²) in [5, 5.41) is 20.9. The van der Waals surface area contributed by atoms with E-state index in [2.05, 4.69) is 5.32 Å². The van der Waals surface area contributed by atoms with E-state index in [1.165, 1.54) is 12.1 Å². The number of aromatic nitrogens is 1. The molecule has 0 bridgehead atoms. The molecule has 0 aliphatic carbocycles. The van der Waals surface area contributed by atoms with E-state index in [0.717, 1.165) is 0 Å². The number of amides is 1. The molecule has 0 saturated carbocycles. The van der Waals surface area contributed by atoms with Crippen LogP contribution >= 0.6 is 0 Å². The lowest BCUT2D eigenvalue weighted by molar-refractivity contribution is -0.139. The highest BCUT2D eigenvalue weighted by molar-refractivity contribution is 5.95. The predicted octanol–water partition coefficient (Wildman–Crippen LogP) is 1.16. The highest BCUT2D eigenvalue weighted by Gasteiger charge is 2.22. The number of hydrogen-bond donors (Lipinski definition) is 3. The Kier molecular flexibility index (Phi) is 4.27. The molecule has 0 radical (unpaired) electrons. The van der Waals surface area contributed by atoms with Gasteiger partial charge in [-0.2, -0.15) is 0 Å². The van der Waals surface area contributed by atoms with Crippen LogP contribution in [0.15, 0.2) is 42.6 Å². The first kappa shape index (κ1) is 14.6. The summed E-state index contributed by atoms with van der Waals surface area (Å²) in [7, 11) is 1.71. The molecular weight excluding hydrogens is 272 g/mol. The van der Waals surface area contributed by atoms with Crippen LogP contribution in [0.1, 0.15) is 16.1 Å². The first-order valence-corrected chi connectivity index (χ1v) is 6.40. The molecule has 1 atom stereocenters. The van der Waals surface area contributed by atoms with E-state index in [9.17, 15) is 19.8 Å². The van der Waals surface area contributed by atoms with Gasteiger partial charge >= 0.3 is 5.97 Å². The maximum atomic E-state index is 12.1. The van der Waals surface area contributed by atoms with Gasteiger partial charge in [0.2, 0.25) is 0 Å². The zero-order valence-corrected chi connectivity index (χ0v) is 11.5. The van der Waals surface area contributed by atoms with Gasteiger partial charge in [-0.05, 0) is 29.8 Å². The van der Waals surface area contributed by atoms with Gasteiger partial charge in [-0.1, -0.05) is 12.1 Å². The number of aromatic hydroxyl groups is 1. The Morgan fingerprint density at radius 2 is 1.90 bits per heavy atom. The molecule has 2 aromatic rings. The first-order chi connectivity index (χ1) is 9.97. The maximum absolute atomic E-state index is 12.1. The number of phenolic OH excluding ortho intramolecular Hbond substituents is 1. The van der Waals surface area contributed by atoms with Crippen molar-refractivity contribution in [2.75, 3.05) is 0 Å². The minimum absolute atomic E-state index is 0.110. The topological polar surface area (TPSA) is 91.6 Å². The van der Waals surface area contributed by atoms with Gasteiger partial charge in [0.05, 0.1) is 0 Å². The van der Waals surface area contributed by atoms with E-state index >= 15 is 0 Å². The van der Waals surface area contributed by atoms with Crippen LogP contribution in [0, 0.1) is 0 Å². The number of phenols is 1. The lowest BCUT2D eigenvalue weighted by Gasteiger charge is -2.15. The van der Waals surface area contributed by atoms with Crippen molar-refractivity contribution in [2.24, 2.45) is 7.05 Å². The zero-order valence-electron chi connectivity index (χ0n) is 11.5. The Labute approximate surface area is 121 Å². The second-order valence-corrected chi connectivity index (χ2v) is 4.74. The number of nitrogens with zero attached hydrogens (tertiary/aromatic N) is 1. The average Bonchev–Trinajstić information content (AvgIpc) is 2.86. The second-order valence-electron chi connectivity index (χ2n) is 4.74. The van der Waals surface area contributed by atoms with Crippen molar-refractivity contribution < 1.29 is 19.8 Å². The molecule has 0 saturated heterocycles. The van der Waals surface area contributed by atoms with E-state index in [1.54, 1.807) is 42.1 Å². The summed E-state index contributed by atoms with van der Waals surface area (Å²) in [4.78, 5) is 23.3. The fourth-order valence-electron chi connectivity index (χ4n) is 2.00. The molecular formula is C15H16N2O4. The van der Waals surface area contributed by atoms with E-state index in [1.807, 2.05) is 0 Å². The first-order valence-electron chi connectivity index (χ1n) is 6.40. The summed E-state index contributed by atoms with van der Waals surface area (Å²) in [6.45, 7) is 0. The molecule has 1 aromatic heterocycles. The highest BCUT2D eigenvalue weighted by atomic mass is 16.4. The van der Waals surface area contributed by atoms with Gasteiger partial charge in [0, 0.05) is 19.7 Å². The van der Waals surface area contributed by atoms with Gasteiger partial charge in [-0.15, -0.1) is 0 Å². The smallest absolute Gasteiger partial charge is 0.326 e. The van der Waals surface area contributed by atoms with Crippen molar-refractivity contribution in [1.82, 2.24) is 9.88 Å². The number of hydrogen-bond acceptors (Lipinski definition) is 3. The third-order valence-corrected chi connectivity index (χ3v) is 3.16. The molecule has 0 fully saturated rings. The highest BCUT2D eigenvalue weighted by Crippen LogP contribution is 2.12. The maximum Gasteiger partial charge on any atom is 0.326 e. The molecule has 0 aliphatic heterocycles. The lowest BCUT2D eigenvalue weighted by Crippen LogP contribution is -2.42. The van der Waals surface area contributed by atoms with Gasteiger partial charge in [-0.25, -0.2) is 4.79 Å².